The summed E-state index contributed by atoms with van der Waals surface area (Å²) in [6, 6.07) is 0. The van der Waals surface area contributed by atoms with Crippen LogP contribution in [0.5, 0.6) is 0 Å². The summed E-state index contributed by atoms with van der Waals surface area (Å²) < 4.78 is 11.0. The van der Waals surface area contributed by atoms with Crippen LogP contribution >= 0.6 is 0 Å². The number of Topliss-reactive ketones (excluding diaryl/α,β-unsaturated/α-hetero) is 1. The summed E-state index contributed by atoms with van der Waals surface area (Å²) in [7, 11) is 1.32. The number of aromatic amines is 3. The molecule has 1 aliphatic carbocycles. The Balaban J connectivity index is 1.42. The van der Waals surface area contributed by atoms with E-state index in [-0.39, 0.29) is 36.6 Å². The van der Waals surface area contributed by atoms with Crippen molar-refractivity contribution >= 4 is 47.6 Å². The molecule has 9 nitrogen and oxygen atoms in total. The highest BCUT2D eigenvalue weighted by atomic mass is 16.5. The van der Waals surface area contributed by atoms with Gasteiger partial charge in [-0.05, 0) is 106 Å². The SMILES string of the molecule is C=Cc1c2[nH]c(c1C)/C=C1\N/C(=C3\c4[nH]c(c(C)c4C(=O)[C@@H]3C(=O)OC)/C=c3\[nH]/c(c(C)c3CC)=C\2)[C@@H](CCC(=O)OC/C=C(/C)CCC[C@@H](C)CCC)[C@@H]1C. The highest BCUT2D eigenvalue weighted by Gasteiger charge is 2.48. The number of ketones is 1. The van der Waals surface area contributed by atoms with Crippen LogP contribution in [-0.4, -0.2) is 46.4 Å². The molecule has 8 bridgehead atoms. The summed E-state index contributed by atoms with van der Waals surface area (Å²) in [6.07, 6.45) is 17.5. The van der Waals surface area contributed by atoms with E-state index in [1.54, 1.807) is 0 Å². The summed E-state index contributed by atoms with van der Waals surface area (Å²) >= 11 is 0. The number of esters is 2. The molecule has 0 saturated carbocycles. The maximum Gasteiger partial charge on any atom is 0.321 e. The lowest BCUT2D eigenvalue weighted by molar-refractivity contribution is -0.143. The zero-order valence-electron chi connectivity index (χ0n) is 34.8. The number of rotatable bonds is 14. The molecular formula is C47H60N4O5. The summed E-state index contributed by atoms with van der Waals surface area (Å²) in [4.78, 5) is 52.0. The van der Waals surface area contributed by atoms with Crippen LogP contribution in [0.1, 0.15) is 141 Å². The van der Waals surface area contributed by atoms with E-state index in [1.165, 1.54) is 37.5 Å². The van der Waals surface area contributed by atoms with E-state index in [2.05, 4.69) is 93.5 Å². The van der Waals surface area contributed by atoms with Crippen LogP contribution in [0.15, 0.2) is 29.6 Å². The van der Waals surface area contributed by atoms with Gasteiger partial charge < -0.3 is 29.7 Å². The molecule has 9 heteroatoms. The van der Waals surface area contributed by atoms with Gasteiger partial charge in [0, 0.05) is 74.1 Å². The lowest BCUT2D eigenvalue weighted by Crippen LogP contribution is -2.25. The van der Waals surface area contributed by atoms with Gasteiger partial charge in [-0.15, -0.1) is 0 Å². The third-order valence-corrected chi connectivity index (χ3v) is 12.5. The summed E-state index contributed by atoms with van der Waals surface area (Å²) in [5.74, 6) is -1.88. The highest BCUT2D eigenvalue weighted by molar-refractivity contribution is 6.24. The Morgan fingerprint density at radius 2 is 1.68 bits per heavy atom. The lowest BCUT2D eigenvalue weighted by Gasteiger charge is -2.19. The predicted molar refractivity (Wildman–Crippen MR) is 225 cm³/mol. The molecule has 298 valence electrons. The molecule has 3 aliphatic rings. The van der Waals surface area contributed by atoms with Crippen molar-refractivity contribution in [3.05, 3.63) is 96.5 Å². The number of fused-ring (bicyclic) bond motifs is 7. The molecule has 0 unspecified atom stereocenters. The van der Waals surface area contributed by atoms with Crippen molar-refractivity contribution in [3.8, 4) is 0 Å². The van der Waals surface area contributed by atoms with Gasteiger partial charge in [0.05, 0.1) is 12.8 Å². The standard InChI is InChI=1S/C47H60N4O5/c1-11-15-25(4)16-14-17-26(5)20-21-56-40(52)19-18-33-29(8)36-22-34-27(6)31(12-2)38(48-34)23-35-28(7)32(13-3)39(49-35)24-37-30(9)41-45(51-37)42(44(33)50-36)43(46(41)53)47(54)55-10/h12,20,22-25,29,33,43,48-51H,2,11,13-19,21H2,1,3-10H3/b26-20-,35-23-,36-22-,39-24-,44-42-/t25-,29-,33-,43+/m0/s1. The minimum atomic E-state index is -1.14. The molecule has 0 amide bonds. The van der Waals surface area contributed by atoms with Gasteiger partial charge in [0.2, 0.25) is 0 Å². The zero-order chi connectivity index (χ0) is 40.4. The van der Waals surface area contributed by atoms with Gasteiger partial charge in [0.15, 0.2) is 5.78 Å². The number of hydrogen-bond donors (Lipinski definition) is 4. The van der Waals surface area contributed by atoms with Crippen LogP contribution in [0.25, 0.3) is 29.9 Å². The normalized spacial score (nSPS) is 22.7. The predicted octanol–water partition coefficient (Wildman–Crippen LogP) is 8.24. The van der Waals surface area contributed by atoms with Gasteiger partial charge in [0.25, 0.3) is 0 Å². The number of carbonyl (C=O) groups is 3. The van der Waals surface area contributed by atoms with Crippen molar-refractivity contribution in [1.82, 2.24) is 20.3 Å². The van der Waals surface area contributed by atoms with Gasteiger partial charge in [-0.2, -0.15) is 0 Å². The number of ether oxygens (including phenoxy) is 2. The largest absolute Gasteiger partial charge is 0.468 e. The van der Waals surface area contributed by atoms with Crippen molar-refractivity contribution in [2.24, 2.45) is 23.7 Å². The first kappa shape index (κ1) is 40.6. The van der Waals surface area contributed by atoms with Crippen LogP contribution in [0.3, 0.4) is 0 Å². The Labute approximate surface area is 331 Å². The first-order valence-electron chi connectivity index (χ1n) is 20.5. The topological polar surface area (TPSA) is 129 Å². The van der Waals surface area contributed by atoms with E-state index in [0.29, 0.717) is 23.3 Å². The Bertz CT molecular complexity index is 2270. The number of nitrogens with one attached hydrogen (secondary N) is 4. The number of carbonyl (C=O) groups excluding carboxylic acids is 3. The summed E-state index contributed by atoms with van der Waals surface area (Å²) in [5, 5.41) is 5.64. The molecule has 3 aromatic heterocycles. The molecule has 3 aromatic rings. The molecule has 4 atom stereocenters. The number of H-pyrrole nitrogens is 3. The second-order valence-electron chi connectivity index (χ2n) is 16.1. The molecule has 5 heterocycles. The molecule has 1 fully saturated rings. The Hall–Kier alpha value is -5.05. The molecule has 1 saturated heterocycles. The fourth-order valence-electron chi connectivity index (χ4n) is 9.09. The number of methoxy groups -OCH3 is 1. The molecule has 0 spiro atoms. The molecule has 4 N–H and O–H groups in total. The first-order valence-corrected chi connectivity index (χ1v) is 20.5. The van der Waals surface area contributed by atoms with E-state index >= 15 is 0 Å². The first-order chi connectivity index (χ1) is 26.8. The van der Waals surface area contributed by atoms with Gasteiger partial charge in [0.1, 0.15) is 12.5 Å². The quantitative estimate of drug-likeness (QED) is 0.0745. The van der Waals surface area contributed by atoms with Crippen LogP contribution < -0.4 is 16.0 Å². The smallest absolute Gasteiger partial charge is 0.321 e. The van der Waals surface area contributed by atoms with E-state index < -0.39 is 11.9 Å². The van der Waals surface area contributed by atoms with Crippen molar-refractivity contribution in [2.45, 2.75) is 107 Å². The van der Waals surface area contributed by atoms with Crippen LogP contribution in [0.4, 0.5) is 0 Å². The van der Waals surface area contributed by atoms with E-state index in [0.717, 1.165) is 86.6 Å². The third kappa shape index (κ3) is 7.69. The second-order valence-corrected chi connectivity index (χ2v) is 16.1. The number of hydrogen-bond acceptors (Lipinski definition) is 6. The van der Waals surface area contributed by atoms with Crippen molar-refractivity contribution < 1.29 is 23.9 Å². The fourth-order valence-corrected chi connectivity index (χ4v) is 9.09. The van der Waals surface area contributed by atoms with Crippen LogP contribution in [0, 0.1) is 44.4 Å². The zero-order valence-corrected chi connectivity index (χ0v) is 34.8. The molecule has 0 aromatic carbocycles. The monoisotopic (exact) mass is 760 g/mol. The fraction of sp³-hybridized carbons (Fsp3) is 0.468. The number of allylic oxidation sites excluding steroid dienone is 3. The van der Waals surface area contributed by atoms with E-state index in [9.17, 15) is 14.4 Å². The average molecular weight is 761 g/mol. The maximum atomic E-state index is 14.3. The third-order valence-electron chi connectivity index (χ3n) is 12.5. The van der Waals surface area contributed by atoms with Crippen LogP contribution in [0.2, 0.25) is 0 Å². The minimum absolute atomic E-state index is 0.0834. The Kier molecular flexibility index (Phi) is 12.3. The highest BCUT2D eigenvalue weighted by Crippen LogP contribution is 2.48. The Morgan fingerprint density at radius 3 is 2.38 bits per heavy atom. The second kappa shape index (κ2) is 17.0. The number of aromatic nitrogens is 3. The maximum absolute atomic E-state index is 14.3. The van der Waals surface area contributed by atoms with Crippen LogP contribution in [-0.2, 0) is 25.5 Å². The molecular weight excluding hydrogens is 701 g/mol. The summed E-state index contributed by atoms with van der Waals surface area (Å²) in [5.41, 5.74) is 12.5. The molecule has 56 heavy (non-hydrogen) atoms. The molecule has 6 rings (SSSR count). The van der Waals surface area contributed by atoms with E-state index in [4.69, 9.17) is 9.47 Å². The van der Waals surface area contributed by atoms with Crippen molar-refractivity contribution in [2.75, 3.05) is 13.7 Å². The minimum Gasteiger partial charge on any atom is -0.468 e. The van der Waals surface area contributed by atoms with E-state index in [1.807, 2.05) is 19.1 Å². The van der Waals surface area contributed by atoms with Gasteiger partial charge in [-0.3, -0.25) is 14.4 Å². The van der Waals surface area contributed by atoms with Gasteiger partial charge in [-0.1, -0.05) is 65.2 Å². The van der Waals surface area contributed by atoms with Crippen molar-refractivity contribution in [3.63, 3.8) is 0 Å². The molecule has 2 aliphatic heterocycles. The lowest BCUT2D eigenvalue weighted by atomic mass is 9.85. The van der Waals surface area contributed by atoms with Crippen molar-refractivity contribution in [1.29, 1.82) is 0 Å². The average Bonchev–Trinajstić information content (AvgIpc) is 3.91. The Morgan fingerprint density at radius 1 is 0.946 bits per heavy atom. The summed E-state index contributed by atoms with van der Waals surface area (Å²) in [6.45, 7) is 21.4. The van der Waals surface area contributed by atoms with Gasteiger partial charge in [-0.25, -0.2) is 0 Å². The van der Waals surface area contributed by atoms with Gasteiger partial charge >= 0.3 is 11.9 Å². The molecule has 0 radical (unpaired) electrons.